The highest BCUT2D eigenvalue weighted by Gasteiger charge is 2.22. The number of esters is 1. The molecule has 0 bridgehead atoms. The fourth-order valence-corrected chi connectivity index (χ4v) is 2.74. The van der Waals surface area contributed by atoms with E-state index in [1.807, 2.05) is 6.92 Å². The molecular formula is C15H29NO2. The van der Waals surface area contributed by atoms with Crippen LogP contribution in [0.3, 0.4) is 0 Å². The zero-order valence-corrected chi connectivity index (χ0v) is 12.0. The Bertz CT molecular complexity index is 231. The summed E-state index contributed by atoms with van der Waals surface area (Å²) >= 11 is 0. The van der Waals surface area contributed by atoms with Crippen molar-refractivity contribution in [3.05, 3.63) is 0 Å². The standard InChI is InChI=1S/C15H29NO2/c1-3-18-15(17)10-5-4-6-11-16-12-14-9-7-8-13(14)2/h13-14,16H,3-12H2,1-2H3. The van der Waals surface area contributed by atoms with E-state index in [1.54, 1.807) is 0 Å². The second-order valence-electron chi connectivity index (χ2n) is 5.49. The Labute approximate surface area is 112 Å². The van der Waals surface area contributed by atoms with Gasteiger partial charge in [0.15, 0.2) is 0 Å². The number of carbonyl (C=O) groups is 1. The van der Waals surface area contributed by atoms with Crippen LogP contribution in [0.1, 0.15) is 58.8 Å². The average Bonchev–Trinajstić information content (AvgIpc) is 2.74. The zero-order valence-electron chi connectivity index (χ0n) is 12.0. The highest BCUT2D eigenvalue weighted by atomic mass is 16.5. The van der Waals surface area contributed by atoms with Crippen LogP contribution in [0.2, 0.25) is 0 Å². The monoisotopic (exact) mass is 255 g/mol. The van der Waals surface area contributed by atoms with E-state index in [0.717, 1.165) is 31.2 Å². The van der Waals surface area contributed by atoms with E-state index in [1.165, 1.54) is 32.2 Å². The van der Waals surface area contributed by atoms with Crippen LogP contribution in [-0.2, 0) is 9.53 Å². The highest BCUT2D eigenvalue weighted by Crippen LogP contribution is 2.30. The van der Waals surface area contributed by atoms with Crippen LogP contribution in [0.5, 0.6) is 0 Å². The molecule has 0 saturated heterocycles. The van der Waals surface area contributed by atoms with Gasteiger partial charge in [-0.1, -0.05) is 26.2 Å². The maximum absolute atomic E-state index is 11.1. The van der Waals surface area contributed by atoms with Crippen LogP contribution in [0.15, 0.2) is 0 Å². The van der Waals surface area contributed by atoms with Crippen molar-refractivity contribution in [3.63, 3.8) is 0 Å². The molecule has 3 nitrogen and oxygen atoms in total. The van der Waals surface area contributed by atoms with Crippen molar-refractivity contribution in [2.75, 3.05) is 19.7 Å². The van der Waals surface area contributed by atoms with Gasteiger partial charge in [0.05, 0.1) is 6.61 Å². The van der Waals surface area contributed by atoms with E-state index in [4.69, 9.17) is 4.74 Å². The lowest BCUT2D eigenvalue weighted by molar-refractivity contribution is -0.143. The molecule has 106 valence electrons. The van der Waals surface area contributed by atoms with Crippen LogP contribution in [0, 0.1) is 11.8 Å². The van der Waals surface area contributed by atoms with Crippen molar-refractivity contribution in [1.82, 2.24) is 5.32 Å². The molecule has 1 aliphatic carbocycles. The molecule has 0 spiro atoms. The Hall–Kier alpha value is -0.570. The van der Waals surface area contributed by atoms with Gasteiger partial charge in [-0.05, 0) is 51.1 Å². The first kappa shape index (κ1) is 15.5. The second-order valence-corrected chi connectivity index (χ2v) is 5.49. The minimum atomic E-state index is -0.0507. The first-order valence-electron chi connectivity index (χ1n) is 7.60. The van der Waals surface area contributed by atoms with Gasteiger partial charge in [-0.15, -0.1) is 0 Å². The largest absolute Gasteiger partial charge is 0.466 e. The number of rotatable bonds is 9. The molecule has 0 heterocycles. The van der Waals surface area contributed by atoms with Crippen LogP contribution >= 0.6 is 0 Å². The predicted molar refractivity (Wildman–Crippen MR) is 74.5 cm³/mol. The van der Waals surface area contributed by atoms with Crippen LogP contribution in [0.25, 0.3) is 0 Å². The van der Waals surface area contributed by atoms with Crippen LogP contribution < -0.4 is 5.32 Å². The second kappa shape index (κ2) is 9.37. The molecule has 1 N–H and O–H groups in total. The molecular weight excluding hydrogens is 226 g/mol. The molecule has 1 fully saturated rings. The molecule has 1 aliphatic rings. The quantitative estimate of drug-likeness (QED) is 0.508. The van der Waals surface area contributed by atoms with Crippen molar-refractivity contribution in [3.8, 4) is 0 Å². The van der Waals surface area contributed by atoms with Crippen molar-refractivity contribution in [2.45, 2.75) is 58.8 Å². The Balaban J connectivity index is 1.85. The van der Waals surface area contributed by atoms with Gasteiger partial charge in [0.25, 0.3) is 0 Å². The lowest BCUT2D eigenvalue weighted by atomic mass is 9.98. The summed E-state index contributed by atoms with van der Waals surface area (Å²) in [5, 5.41) is 3.55. The van der Waals surface area contributed by atoms with E-state index in [2.05, 4.69) is 12.2 Å². The van der Waals surface area contributed by atoms with E-state index >= 15 is 0 Å². The van der Waals surface area contributed by atoms with E-state index < -0.39 is 0 Å². The number of hydrogen-bond acceptors (Lipinski definition) is 3. The van der Waals surface area contributed by atoms with Gasteiger partial charge in [0, 0.05) is 6.42 Å². The smallest absolute Gasteiger partial charge is 0.305 e. The first-order valence-corrected chi connectivity index (χ1v) is 7.60. The SMILES string of the molecule is CCOC(=O)CCCCCNCC1CCCC1C. The van der Waals surface area contributed by atoms with E-state index in [9.17, 15) is 4.79 Å². The van der Waals surface area contributed by atoms with Crippen LogP contribution in [-0.4, -0.2) is 25.7 Å². The Morgan fingerprint density at radius 1 is 1.28 bits per heavy atom. The molecule has 2 atom stereocenters. The topological polar surface area (TPSA) is 38.3 Å². The molecule has 0 aromatic carbocycles. The maximum Gasteiger partial charge on any atom is 0.305 e. The third-order valence-corrected chi connectivity index (χ3v) is 3.99. The zero-order chi connectivity index (χ0) is 13.2. The van der Waals surface area contributed by atoms with E-state index in [-0.39, 0.29) is 5.97 Å². The molecule has 2 unspecified atom stereocenters. The number of unbranched alkanes of at least 4 members (excludes halogenated alkanes) is 2. The van der Waals surface area contributed by atoms with Gasteiger partial charge >= 0.3 is 5.97 Å². The summed E-state index contributed by atoms with van der Waals surface area (Å²) in [7, 11) is 0. The summed E-state index contributed by atoms with van der Waals surface area (Å²) in [5.74, 6) is 1.75. The number of ether oxygens (including phenoxy) is 1. The van der Waals surface area contributed by atoms with Crippen molar-refractivity contribution >= 4 is 5.97 Å². The molecule has 1 rings (SSSR count). The summed E-state index contributed by atoms with van der Waals surface area (Å²) in [4.78, 5) is 11.1. The molecule has 0 aromatic rings. The minimum absolute atomic E-state index is 0.0507. The number of carbonyl (C=O) groups excluding carboxylic acids is 1. The Kier molecular flexibility index (Phi) is 8.06. The molecule has 1 saturated carbocycles. The lowest BCUT2D eigenvalue weighted by Gasteiger charge is -2.15. The van der Waals surface area contributed by atoms with Gasteiger partial charge < -0.3 is 10.1 Å². The fraction of sp³-hybridized carbons (Fsp3) is 0.933. The van der Waals surface area contributed by atoms with E-state index in [0.29, 0.717) is 13.0 Å². The van der Waals surface area contributed by atoms with Gasteiger partial charge in [0.2, 0.25) is 0 Å². The predicted octanol–water partition coefficient (Wildman–Crippen LogP) is 3.14. The molecule has 3 heteroatoms. The molecule has 0 amide bonds. The van der Waals surface area contributed by atoms with Crippen molar-refractivity contribution < 1.29 is 9.53 Å². The first-order chi connectivity index (χ1) is 8.74. The Morgan fingerprint density at radius 2 is 2.11 bits per heavy atom. The van der Waals surface area contributed by atoms with Gasteiger partial charge in [-0.2, -0.15) is 0 Å². The van der Waals surface area contributed by atoms with Gasteiger partial charge in [0.1, 0.15) is 0 Å². The van der Waals surface area contributed by atoms with Gasteiger partial charge in [-0.3, -0.25) is 4.79 Å². The molecule has 0 radical (unpaired) electrons. The minimum Gasteiger partial charge on any atom is -0.466 e. The summed E-state index contributed by atoms with van der Waals surface area (Å²) in [6.45, 7) is 7.00. The highest BCUT2D eigenvalue weighted by molar-refractivity contribution is 5.69. The number of hydrogen-bond donors (Lipinski definition) is 1. The maximum atomic E-state index is 11.1. The summed E-state index contributed by atoms with van der Waals surface area (Å²) in [6, 6.07) is 0. The average molecular weight is 255 g/mol. The van der Waals surface area contributed by atoms with Gasteiger partial charge in [-0.25, -0.2) is 0 Å². The normalized spacial score (nSPS) is 23.2. The van der Waals surface area contributed by atoms with Crippen molar-refractivity contribution in [1.29, 1.82) is 0 Å². The molecule has 18 heavy (non-hydrogen) atoms. The lowest BCUT2D eigenvalue weighted by Crippen LogP contribution is -2.25. The number of nitrogens with one attached hydrogen (secondary N) is 1. The molecule has 0 aromatic heterocycles. The third kappa shape index (κ3) is 6.39. The summed E-state index contributed by atoms with van der Waals surface area (Å²) < 4.78 is 4.89. The molecule has 0 aliphatic heterocycles. The fourth-order valence-electron chi connectivity index (χ4n) is 2.74. The summed E-state index contributed by atoms with van der Waals surface area (Å²) in [5.41, 5.74) is 0. The summed E-state index contributed by atoms with van der Waals surface area (Å²) in [6.07, 6.45) is 8.04. The van der Waals surface area contributed by atoms with Crippen molar-refractivity contribution in [2.24, 2.45) is 11.8 Å². The Morgan fingerprint density at radius 3 is 2.78 bits per heavy atom. The van der Waals surface area contributed by atoms with Crippen LogP contribution in [0.4, 0.5) is 0 Å². The third-order valence-electron chi connectivity index (χ3n) is 3.99.